The van der Waals surface area contributed by atoms with Gasteiger partial charge in [0.1, 0.15) is 11.4 Å². The summed E-state index contributed by atoms with van der Waals surface area (Å²) in [5.41, 5.74) is 4.86. The van der Waals surface area contributed by atoms with Gasteiger partial charge in [0.2, 0.25) is 0 Å². The highest BCUT2D eigenvalue weighted by Gasteiger charge is 2.26. The Hall–Kier alpha value is -3.06. The third kappa shape index (κ3) is 3.93. The second-order valence-electron chi connectivity index (χ2n) is 8.94. The van der Waals surface area contributed by atoms with Crippen molar-refractivity contribution in [3.05, 3.63) is 42.8 Å². The van der Waals surface area contributed by atoms with Crippen molar-refractivity contribution in [3.63, 3.8) is 0 Å². The van der Waals surface area contributed by atoms with E-state index >= 15 is 0 Å². The number of anilines is 1. The summed E-state index contributed by atoms with van der Waals surface area (Å²) < 4.78 is 11.5. The number of aromatic amines is 2. The quantitative estimate of drug-likeness (QED) is 0.450. The largest absolute Gasteiger partial charge is 0.497 e. The van der Waals surface area contributed by atoms with Crippen LogP contribution in [0, 0.1) is 12.3 Å². The van der Waals surface area contributed by atoms with Crippen LogP contribution in [0.25, 0.3) is 33.5 Å². The van der Waals surface area contributed by atoms with Crippen molar-refractivity contribution < 1.29 is 9.47 Å². The van der Waals surface area contributed by atoms with Gasteiger partial charge in [-0.05, 0) is 62.1 Å². The maximum atomic E-state index is 6.08. The molecule has 0 amide bonds. The number of fused-ring (bicyclic) bond motifs is 2. The van der Waals surface area contributed by atoms with Gasteiger partial charge < -0.3 is 19.4 Å². The van der Waals surface area contributed by atoms with E-state index in [-0.39, 0.29) is 6.10 Å². The molecule has 2 aromatic carbocycles. The maximum absolute atomic E-state index is 6.08. The first kappa shape index (κ1) is 20.8. The Kier molecular flexibility index (Phi) is 5.51. The van der Waals surface area contributed by atoms with E-state index in [1.54, 1.807) is 7.11 Å². The first-order chi connectivity index (χ1) is 15.5. The average molecular weight is 433 g/mol. The van der Waals surface area contributed by atoms with E-state index in [9.17, 15) is 0 Å². The number of rotatable bonds is 6. The molecule has 167 valence electrons. The van der Waals surface area contributed by atoms with Crippen molar-refractivity contribution in [1.82, 2.24) is 20.2 Å². The van der Waals surface area contributed by atoms with Crippen molar-refractivity contribution in [3.8, 4) is 17.3 Å². The van der Waals surface area contributed by atoms with Gasteiger partial charge in [0.15, 0.2) is 5.82 Å². The molecule has 0 unspecified atom stereocenters. The van der Waals surface area contributed by atoms with Gasteiger partial charge in [-0.3, -0.25) is 5.10 Å². The number of nitrogens with one attached hydrogen (secondary N) is 2. The Balaban J connectivity index is 1.44. The minimum Gasteiger partial charge on any atom is -0.497 e. The Morgan fingerprint density at radius 1 is 1.22 bits per heavy atom. The maximum Gasteiger partial charge on any atom is 0.159 e. The predicted octanol–water partition coefficient (Wildman–Crippen LogP) is 4.96. The van der Waals surface area contributed by atoms with Crippen molar-refractivity contribution in [1.29, 1.82) is 0 Å². The van der Waals surface area contributed by atoms with Crippen molar-refractivity contribution >= 4 is 27.6 Å². The summed E-state index contributed by atoms with van der Waals surface area (Å²) in [6, 6.07) is 12.6. The Bertz CT molecular complexity index is 1230. The van der Waals surface area contributed by atoms with Crippen LogP contribution in [-0.2, 0) is 4.74 Å². The Labute approximate surface area is 188 Å². The standard InChI is InChI=1S/C25H30N5O2/c1-15(2)5-7-19-13-30(16(3)14-32-19)17-6-9-22-23(11-17)27-25(26-22)24-20-12-18(31-4)8-10-21(20)28-29-24/h5-6,8-12,15-16,19H,7,13-14H2,1-4H3,(H,26,27)(H,28,29)/t16-,19-/m0/s1. The summed E-state index contributed by atoms with van der Waals surface area (Å²) in [6.07, 6.45) is 3.55. The van der Waals surface area contributed by atoms with Crippen LogP contribution in [0.1, 0.15) is 27.2 Å². The molecular formula is C25H30N5O2. The smallest absolute Gasteiger partial charge is 0.159 e. The molecule has 0 saturated carbocycles. The number of methoxy groups -OCH3 is 1. The highest BCUT2D eigenvalue weighted by Crippen LogP contribution is 2.31. The van der Waals surface area contributed by atoms with E-state index in [4.69, 9.17) is 14.5 Å². The molecule has 0 bridgehead atoms. The topological polar surface area (TPSA) is 79.1 Å². The molecule has 2 aromatic heterocycles. The molecule has 1 radical (unpaired) electrons. The molecule has 1 saturated heterocycles. The predicted molar refractivity (Wildman–Crippen MR) is 128 cm³/mol. The molecule has 1 aliphatic heterocycles. The summed E-state index contributed by atoms with van der Waals surface area (Å²) in [5, 5.41) is 8.57. The van der Waals surface area contributed by atoms with E-state index < -0.39 is 0 Å². The molecule has 4 aromatic rings. The van der Waals surface area contributed by atoms with Crippen molar-refractivity contribution in [2.75, 3.05) is 25.2 Å². The number of H-pyrrole nitrogens is 2. The van der Waals surface area contributed by atoms with Crippen LogP contribution in [0.5, 0.6) is 5.75 Å². The van der Waals surface area contributed by atoms with Crippen LogP contribution in [0.15, 0.2) is 36.4 Å². The highest BCUT2D eigenvalue weighted by molar-refractivity contribution is 5.94. The van der Waals surface area contributed by atoms with Gasteiger partial charge in [-0.2, -0.15) is 5.10 Å². The van der Waals surface area contributed by atoms with Gasteiger partial charge in [-0.25, -0.2) is 4.98 Å². The van der Waals surface area contributed by atoms with E-state index in [0.717, 1.165) is 58.8 Å². The minimum absolute atomic E-state index is 0.229. The van der Waals surface area contributed by atoms with Gasteiger partial charge in [0.25, 0.3) is 0 Å². The lowest BCUT2D eigenvalue weighted by Crippen LogP contribution is -2.48. The van der Waals surface area contributed by atoms with Gasteiger partial charge in [-0.1, -0.05) is 13.8 Å². The second kappa shape index (κ2) is 8.47. The molecule has 2 atom stereocenters. The van der Waals surface area contributed by atoms with E-state index in [1.165, 1.54) is 5.69 Å². The van der Waals surface area contributed by atoms with Crippen LogP contribution in [0.3, 0.4) is 0 Å². The average Bonchev–Trinajstić information content (AvgIpc) is 3.41. The summed E-state index contributed by atoms with van der Waals surface area (Å²) in [5.74, 6) is 2.12. The number of benzene rings is 2. The van der Waals surface area contributed by atoms with Crippen molar-refractivity contribution in [2.24, 2.45) is 5.92 Å². The van der Waals surface area contributed by atoms with E-state index in [1.807, 2.05) is 18.2 Å². The number of aromatic nitrogens is 4. The molecule has 1 aliphatic rings. The van der Waals surface area contributed by atoms with Gasteiger partial charge in [0, 0.05) is 23.7 Å². The fraction of sp³-hybridized carbons (Fsp3) is 0.400. The van der Waals surface area contributed by atoms with Gasteiger partial charge >= 0.3 is 0 Å². The third-order valence-electron chi connectivity index (χ3n) is 6.17. The molecule has 1 fully saturated rings. The van der Waals surface area contributed by atoms with Gasteiger partial charge in [-0.15, -0.1) is 0 Å². The Morgan fingerprint density at radius 2 is 2.09 bits per heavy atom. The highest BCUT2D eigenvalue weighted by atomic mass is 16.5. The molecule has 32 heavy (non-hydrogen) atoms. The molecule has 0 aliphatic carbocycles. The monoisotopic (exact) mass is 432 g/mol. The van der Waals surface area contributed by atoms with Gasteiger partial charge in [0.05, 0.1) is 36.4 Å². The number of hydrogen-bond donors (Lipinski definition) is 2. The molecule has 0 spiro atoms. The lowest BCUT2D eigenvalue weighted by Gasteiger charge is -2.40. The second-order valence-corrected chi connectivity index (χ2v) is 8.94. The molecule has 7 heteroatoms. The summed E-state index contributed by atoms with van der Waals surface area (Å²) >= 11 is 0. The van der Waals surface area contributed by atoms with Crippen LogP contribution >= 0.6 is 0 Å². The van der Waals surface area contributed by atoms with E-state index in [0.29, 0.717) is 12.0 Å². The zero-order valence-corrected chi connectivity index (χ0v) is 19.1. The summed E-state index contributed by atoms with van der Waals surface area (Å²) in [7, 11) is 1.67. The fourth-order valence-electron chi connectivity index (χ4n) is 4.33. The SMILES string of the molecule is COc1ccc2[nH]nc(-c3nc4ccc(N5C[C@H](C[CH]C(C)C)OC[C@@H]5C)cc4[nH]3)c2c1. The van der Waals surface area contributed by atoms with Crippen LogP contribution < -0.4 is 9.64 Å². The van der Waals surface area contributed by atoms with Crippen LogP contribution in [0.2, 0.25) is 0 Å². The molecular weight excluding hydrogens is 402 g/mol. The number of hydrogen-bond acceptors (Lipinski definition) is 5. The zero-order chi connectivity index (χ0) is 22.2. The van der Waals surface area contributed by atoms with Crippen LogP contribution in [-0.4, -0.2) is 52.6 Å². The van der Waals surface area contributed by atoms with Crippen LogP contribution in [0.4, 0.5) is 5.69 Å². The first-order valence-corrected chi connectivity index (χ1v) is 11.3. The normalized spacial score (nSPS) is 19.3. The molecule has 7 nitrogen and oxygen atoms in total. The summed E-state index contributed by atoms with van der Waals surface area (Å²) in [4.78, 5) is 10.7. The third-order valence-corrected chi connectivity index (χ3v) is 6.17. The molecule has 3 heterocycles. The van der Waals surface area contributed by atoms with Crippen molar-refractivity contribution in [2.45, 2.75) is 39.3 Å². The number of imidazole rings is 1. The zero-order valence-electron chi connectivity index (χ0n) is 19.1. The lowest BCUT2D eigenvalue weighted by atomic mass is 10.0. The van der Waals surface area contributed by atoms with E-state index in [2.05, 4.69) is 65.5 Å². The summed E-state index contributed by atoms with van der Waals surface area (Å²) in [6.45, 7) is 8.27. The molecule has 2 N–H and O–H groups in total. The minimum atomic E-state index is 0.229. The molecule has 5 rings (SSSR count). The number of nitrogens with zero attached hydrogens (tertiary/aromatic N) is 3. The number of morpholine rings is 1. The first-order valence-electron chi connectivity index (χ1n) is 11.3. The fourth-order valence-corrected chi connectivity index (χ4v) is 4.33. The lowest BCUT2D eigenvalue weighted by molar-refractivity contribution is 0.0215. The Morgan fingerprint density at radius 3 is 2.91 bits per heavy atom. The number of ether oxygens (including phenoxy) is 2.